The van der Waals surface area contributed by atoms with Gasteiger partial charge in [0.15, 0.2) is 0 Å². The zero-order chi connectivity index (χ0) is 14.5. The third kappa shape index (κ3) is 3.43. The lowest BCUT2D eigenvalue weighted by Gasteiger charge is -2.15. The van der Waals surface area contributed by atoms with Crippen molar-refractivity contribution in [2.75, 3.05) is 6.54 Å². The van der Waals surface area contributed by atoms with Crippen molar-refractivity contribution in [3.8, 4) is 0 Å². The van der Waals surface area contributed by atoms with Gasteiger partial charge in [0, 0.05) is 18.7 Å². The van der Waals surface area contributed by atoms with E-state index < -0.39 is 11.0 Å². The second-order valence-corrected chi connectivity index (χ2v) is 4.51. The number of nitro groups is 1. The maximum absolute atomic E-state index is 10.5. The molecule has 0 aliphatic heterocycles. The molecule has 0 amide bonds. The van der Waals surface area contributed by atoms with E-state index >= 15 is 0 Å². The summed E-state index contributed by atoms with van der Waals surface area (Å²) < 4.78 is 5.26. The summed E-state index contributed by atoms with van der Waals surface area (Å²) in [5.74, 6) is 0.792. The van der Waals surface area contributed by atoms with Crippen LogP contribution in [0.2, 0.25) is 0 Å². The largest absolute Gasteiger partial charge is 0.468 e. The highest BCUT2D eigenvalue weighted by Gasteiger charge is 2.13. The smallest absolute Gasteiger partial charge is 0.269 e. The minimum Gasteiger partial charge on any atom is -0.468 e. The van der Waals surface area contributed by atoms with E-state index in [4.69, 9.17) is 4.42 Å². The van der Waals surface area contributed by atoms with E-state index in [2.05, 4.69) is 5.32 Å². The average molecular weight is 276 g/mol. The Hall–Kier alpha value is -2.18. The maximum atomic E-state index is 10.5. The molecule has 0 radical (unpaired) electrons. The highest BCUT2D eigenvalue weighted by atomic mass is 16.6. The Kier molecular flexibility index (Phi) is 4.49. The molecule has 0 aliphatic carbocycles. The minimum atomic E-state index is -0.729. The topological polar surface area (TPSA) is 88.5 Å². The van der Waals surface area contributed by atoms with Gasteiger partial charge < -0.3 is 14.8 Å². The van der Waals surface area contributed by atoms with Gasteiger partial charge in [-0.05, 0) is 36.8 Å². The Morgan fingerprint density at radius 3 is 2.60 bits per heavy atom. The van der Waals surface area contributed by atoms with Crippen molar-refractivity contribution in [2.24, 2.45) is 0 Å². The second kappa shape index (κ2) is 6.31. The zero-order valence-electron chi connectivity index (χ0n) is 11.0. The van der Waals surface area contributed by atoms with E-state index in [9.17, 15) is 15.2 Å². The monoisotopic (exact) mass is 276 g/mol. The van der Waals surface area contributed by atoms with Gasteiger partial charge in [-0.15, -0.1) is 0 Å². The average Bonchev–Trinajstić information content (AvgIpc) is 2.98. The summed E-state index contributed by atoms with van der Waals surface area (Å²) in [6.07, 6.45) is 0.869. The lowest BCUT2D eigenvalue weighted by molar-refractivity contribution is -0.384. The van der Waals surface area contributed by atoms with Crippen LogP contribution in [0.1, 0.15) is 30.4 Å². The molecule has 0 saturated heterocycles. The van der Waals surface area contributed by atoms with Gasteiger partial charge in [-0.2, -0.15) is 0 Å². The van der Waals surface area contributed by atoms with Crippen LogP contribution in [0.4, 0.5) is 5.69 Å². The molecule has 6 nitrogen and oxygen atoms in total. The number of benzene rings is 1. The fourth-order valence-corrected chi connectivity index (χ4v) is 1.86. The maximum Gasteiger partial charge on any atom is 0.269 e. The molecule has 106 valence electrons. The number of hydrogen-bond acceptors (Lipinski definition) is 5. The van der Waals surface area contributed by atoms with Crippen LogP contribution < -0.4 is 5.32 Å². The quantitative estimate of drug-likeness (QED) is 0.625. The minimum absolute atomic E-state index is 0.0119. The molecule has 2 N–H and O–H groups in total. The summed E-state index contributed by atoms with van der Waals surface area (Å²) in [5, 5.41) is 23.7. The van der Waals surface area contributed by atoms with Gasteiger partial charge in [-0.1, -0.05) is 0 Å². The van der Waals surface area contributed by atoms with Crippen LogP contribution in [0, 0.1) is 10.1 Å². The first-order valence-corrected chi connectivity index (χ1v) is 6.27. The standard InChI is InChI=1S/C14H16N2O4/c1-10(14-3-2-8-20-14)15-9-13(17)11-4-6-12(7-5-11)16(18)19/h2-8,10,13,15,17H,9H2,1H3/t10-,13?/m1/s1. The number of nitro benzene ring substituents is 1. The van der Waals surface area contributed by atoms with Crippen molar-refractivity contribution < 1.29 is 14.4 Å². The zero-order valence-corrected chi connectivity index (χ0v) is 11.0. The van der Waals surface area contributed by atoms with Crippen molar-refractivity contribution >= 4 is 5.69 Å². The van der Waals surface area contributed by atoms with Crippen LogP contribution in [0.25, 0.3) is 0 Å². The molecule has 0 fully saturated rings. The van der Waals surface area contributed by atoms with E-state index in [0.717, 1.165) is 5.76 Å². The number of nitrogens with zero attached hydrogens (tertiary/aromatic N) is 1. The van der Waals surface area contributed by atoms with Gasteiger partial charge in [0.1, 0.15) is 5.76 Å². The molecule has 0 spiro atoms. The predicted molar refractivity (Wildman–Crippen MR) is 73.2 cm³/mol. The highest BCUT2D eigenvalue weighted by Crippen LogP contribution is 2.18. The van der Waals surface area contributed by atoms with Crippen LogP contribution in [-0.4, -0.2) is 16.6 Å². The third-order valence-electron chi connectivity index (χ3n) is 3.08. The molecule has 1 aromatic carbocycles. The van der Waals surface area contributed by atoms with E-state index in [0.29, 0.717) is 12.1 Å². The number of rotatable bonds is 6. The van der Waals surface area contributed by atoms with E-state index in [1.54, 1.807) is 24.5 Å². The fourth-order valence-electron chi connectivity index (χ4n) is 1.86. The second-order valence-electron chi connectivity index (χ2n) is 4.51. The number of furan rings is 1. The number of hydrogen-bond donors (Lipinski definition) is 2. The van der Waals surface area contributed by atoms with Crippen molar-refractivity contribution in [1.29, 1.82) is 0 Å². The lowest BCUT2D eigenvalue weighted by Crippen LogP contribution is -2.24. The molecule has 0 saturated carbocycles. The Bertz CT molecular complexity index is 551. The molecule has 2 aromatic rings. The van der Waals surface area contributed by atoms with Crippen molar-refractivity contribution in [1.82, 2.24) is 5.32 Å². The van der Waals surface area contributed by atoms with Crippen LogP contribution in [0.3, 0.4) is 0 Å². The molecule has 1 aromatic heterocycles. The fraction of sp³-hybridized carbons (Fsp3) is 0.286. The first-order chi connectivity index (χ1) is 9.58. The molecule has 1 heterocycles. The molecule has 2 atom stereocenters. The summed E-state index contributed by atoms with van der Waals surface area (Å²) in [5.41, 5.74) is 0.646. The SMILES string of the molecule is C[C@@H](NCC(O)c1ccc([N+](=O)[O-])cc1)c1ccco1. The summed E-state index contributed by atoms with van der Waals surface area (Å²) in [6.45, 7) is 2.26. The Morgan fingerprint density at radius 1 is 1.35 bits per heavy atom. The van der Waals surface area contributed by atoms with Crippen LogP contribution in [0.5, 0.6) is 0 Å². The molecule has 0 bridgehead atoms. The predicted octanol–water partition coefficient (Wildman–Crippen LogP) is 2.57. The normalized spacial score (nSPS) is 13.9. The first-order valence-electron chi connectivity index (χ1n) is 6.27. The van der Waals surface area contributed by atoms with E-state index in [1.807, 2.05) is 13.0 Å². The molecule has 6 heteroatoms. The van der Waals surface area contributed by atoms with E-state index in [-0.39, 0.29) is 11.7 Å². The first kappa shape index (κ1) is 14.2. The van der Waals surface area contributed by atoms with Gasteiger partial charge in [0.05, 0.1) is 23.3 Å². The van der Waals surface area contributed by atoms with Crippen LogP contribution >= 0.6 is 0 Å². The van der Waals surface area contributed by atoms with Gasteiger partial charge in [0.25, 0.3) is 5.69 Å². The van der Waals surface area contributed by atoms with Crippen LogP contribution in [-0.2, 0) is 0 Å². The Balaban J connectivity index is 1.91. The molecule has 0 aliphatic rings. The molecule has 1 unspecified atom stereocenters. The number of aliphatic hydroxyl groups is 1. The summed E-state index contributed by atoms with van der Waals surface area (Å²) in [6, 6.07) is 9.53. The summed E-state index contributed by atoms with van der Waals surface area (Å²) in [4.78, 5) is 10.1. The lowest BCUT2D eigenvalue weighted by atomic mass is 10.1. The highest BCUT2D eigenvalue weighted by molar-refractivity contribution is 5.33. The van der Waals surface area contributed by atoms with Crippen LogP contribution in [0.15, 0.2) is 47.1 Å². The molecule has 2 rings (SSSR count). The Morgan fingerprint density at radius 2 is 2.05 bits per heavy atom. The molecular formula is C14H16N2O4. The van der Waals surface area contributed by atoms with Gasteiger partial charge in [-0.3, -0.25) is 10.1 Å². The Labute approximate surface area is 116 Å². The number of nitrogens with one attached hydrogen (secondary N) is 1. The summed E-state index contributed by atoms with van der Waals surface area (Å²) in [7, 11) is 0. The number of aliphatic hydroxyl groups excluding tert-OH is 1. The summed E-state index contributed by atoms with van der Waals surface area (Å²) >= 11 is 0. The molecular weight excluding hydrogens is 260 g/mol. The van der Waals surface area contributed by atoms with Crippen molar-refractivity contribution in [2.45, 2.75) is 19.1 Å². The number of non-ortho nitro benzene ring substituents is 1. The van der Waals surface area contributed by atoms with Gasteiger partial charge >= 0.3 is 0 Å². The van der Waals surface area contributed by atoms with Gasteiger partial charge in [0.2, 0.25) is 0 Å². The van der Waals surface area contributed by atoms with Crippen molar-refractivity contribution in [3.63, 3.8) is 0 Å². The van der Waals surface area contributed by atoms with Gasteiger partial charge in [-0.25, -0.2) is 0 Å². The molecule has 20 heavy (non-hydrogen) atoms. The van der Waals surface area contributed by atoms with E-state index in [1.165, 1.54) is 12.1 Å². The van der Waals surface area contributed by atoms with Crippen molar-refractivity contribution in [3.05, 3.63) is 64.1 Å². The third-order valence-corrected chi connectivity index (χ3v) is 3.08.